The Kier molecular flexibility index (Phi) is 8.20. The number of nitrogens with two attached hydrogens (primary N) is 1. The second kappa shape index (κ2) is 9.87. The maximum Gasteiger partial charge on any atom is 0.188 e. The molecule has 0 spiro atoms. The lowest BCUT2D eigenvalue weighted by molar-refractivity contribution is 0.0918. The quantitative estimate of drug-likeness (QED) is 0.349. The summed E-state index contributed by atoms with van der Waals surface area (Å²) in [5, 5.41) is 13.6. The van der Waals surface area contributed by atoms with Gasteiger partial charge in [0.25, 0.3) is 0 Å². The Bertz CT molecular complexity index is 328. The van der Waals surface area contributed by atoms with Gasteiger partial charge in [0.1, 0.15) is 0 Å². The summed E-state index contributed by atoms with van der Waals surface area (Å²) >= 11 is 1.75. The highest BCUT2D eigenvalue weighted by Gasteiger charge is 1.95. The third-order valence-corrected chi connectivity index (χ3v) is 3.16. The van der Waals surface area contributed by atoms with Crippen LogP contribution in [0.4, 0.5) is 0 Å². The molecule has 0 saturated carbocycles. The normalized spacial score (nSPS) is 11.7. The zero-order valence-electron chi connectivity index (χ0n) is 10.5. The van der Waals surface area contributed by atoms with Gasteiger partial charge in [-0.25, -0.2) is 0 Å². The predicted molar refractivity (Wildman–Crippen MR) is 75.0 cm³/mol. The first-order chi connectivity index (χ1) is 8.83. The molecule has 0 aromatic carbocycles. The smallest absolute Gasteiger partial charge is 0.188 e. The molecule has 0 radical (unpaired) electrons. The Balaban J connectivity index is 1.99. The number of hydrogen-bond acceptors (Lipinski definition) is 4. The van der Waals surface area contributed by atoms with Crippen molar-refractivity contribution in [2.24, 2.45) is 10.7 Å². The Morgan fingerprint density at radius 1 is 1.50 bits per heavy atom. The number of thiophene rings is 1. The summed E-state index contributed by atoms with van der Waals surface area (Å²) in [6.07, 6.45) is 1.78. The van der Waals surface area contributed by atoms with E-state index >= 15 is 0 Å². The maximum atomic E-state index is 8.50. The molecule has 0 aliphatic rings. The van der Waals surface area contributed by atoms with Crippen LogP contribution in [0.2, 0.25) is 0 Å². The van der Waals surface area contributed by atoms with Crippen molar-refractivity contribution in [3.63, 3.8) is 0 Å². The number of guanidine groups is 1. The number of aliphatic imine (C=N–C) groups is 1. The van der Waals surface area contributed by atoms with Gasteiger partial charge in [-0.2, -0.15) is 0 Å². The number of nitrogens with zero attached hydrogens (tertiary/aromatic N) is 1. The molecule has 0 aliphatic heterocycles. The molecule has 0 bridgehead atoms. The van der Waals surface area contributed by atoms with E-state index in [0.717, 1.165) is 19.4 Å². The van der Waals surface area contributed by atoms with Gasteiger partial charge in [-0.3, -0.25) is 4.99 Å². The Morgan fingerprint density at radius 3 is 3.11 bits per heavy atom. The summed E-state index contributed by atoms with van der Waals surface area (Å²) in [6, 6.07) is 4.15. The van der Waals surface area contributed by atoms with Crippen molar-refractivity contribution in [2.45, 2.75) is 12.8 Å². The fraction of sp³-hybridized carbons (Fsp3) is 0.583. The lowest BCUT2D eigenvalue weighted by atomic mass is 10.3. The molecule has 1 aromatic heterocycles. The van der Waals surface area contributed by atoms with Crippen molar-refractivity contribution < 1.29 is 9.84 Å². The summed E-state index contributed by atoms with van der Waals surface area (Å²) < 4.78 is 5.12. The number of ether oxygens (including phenoxy) is 1. The van der Waals surface area contributed by atoms with Gasteiger partial charge in [0.05, 0.1) is 13.2 Å². The predicted octanol–water partition coefficient (Wildman–Crippen LogP) is 0.594. The Labute approximate surface area is 112 Å². The fourth-order valence-corrected chi connectivity index (χ4v) is 2.07. The molecule has 0 unspecified atom stereocenters. The molecule has 0 atom stereocenters. The van der Waals surface area contributed by atoms with Crippen LogP contribution in [0.1, 0.15) is 11.3 Å². The average Bonchev–Trinajstić information content (AvgIpc) is 2.87. The van der Waals surface area contributed by atoms with Gasteiger partial charge in [-0.1, -0.05) is 6.07 Å². The lowest BCUT2D eigenvalue weighted by Crippen LogP contribution is -2.33. The second-order valence-corrected chi connectivity index (χ2v) is 4.74. The van der Waals surface area contributed by atoms with E-state index in [-0.39, 0.29) is 6.61 Å². The van der Waals surface area contributed by atoms with Gasteiger partial charge in [0, 0.05) is 24.6 Å². The molecule has 0 fully saturated rings. The van der Waals surface area contributed by atoms with Gasteiger partial charge in [0.15, 0.2) is 5.96 Å². The summed E-state index contributed by atoms with van der Waals surface area (Å²) in [7, 11) is 0. The largest absolute Gasteiger partial charge is 0.394 e. The van der Waals surface area contributed by atoms with Gasteiger partial charge in [0.2, 0.25) is 0 Å². The SMILES string of the molecule is NC(=NCCCOCCO)NCCc1cccs1. The standard InChI is InChI=1S/C12H21N3O2S/c13-12(14-5-2-8-17-9-7-16)15-6-4-11-3-1-10-18-11/h1,3,10,16H,2,4-9H2,(H3,13,14,15). The van der Waals surface area contributed by atoms with Crippen molar-refractivity contribution >= 4 is 17.3 Å². The topological polar surface area (TPSA) is 79.9 Å². The van der Waals surface area contributed by atoms with Crippen LogP contribution < -0.4 is 11.1 Å². The number of rotatable bonds is 9. The molecule has 0 aliphatic carbocycles. The van der Waals surface area contributed by atoms with Crippen molar-refractivity contribution in [1.29, 1.82) is 0 Å². The zero-order valence-corrected chi connectivity index (χ0v) is 11.3. The minimum absolute atomic E-state index is 0.0652. The number of aliphatic hydroxyl groups excluding tert-OH is 1. The molecule has 102 valence electrons. The van der Waals surface area contributed by atoms with Gasteiger partial charge in [-0.15, -0.1) is 11.3 Å². The average molecular weight is 271 g/mol. The lowest BCUT2D eigenvalue weighted by Gasteiger charge is -2.04. The van der Waals surface area contributed by atoms with Crippen LogP contribution in [-0.2, 0) is 11.2 Å². The molecule has 5 nitrogen and oxygen atoms in total. The summed E-state index contributed by atoms with van der Waals surface area (Å²) in [5.41, 5.74) is 5.72. The fourth-order valence-electron chi connectivity index (χ4n) is 1.36. The zero-order chi connectivity index (χ0) is 13.1. The minimum atomic E-state index is 0.0652. The van der Waals surface area contributed by atoms with Crippen molar-refractivity contribution in [3.05, 3.63) is 22.4 Å². The third-order valence-electron chi connectivity index (χ3n) is 2.22. The summed E-state index contributed by atoms with van der Waals surface area (Å²) in [4.78, 5) is 5.53. The first kappa shape index (κ1) is 14.9. The van der Waals surface area contributed by atoms with Crippen LogP contribution in [0.5, 0.6) is 0 Å². The van der Waals surface area contributed by atoms with Crippen LogP contribution in [0, 0.1) is 0 Å². The van der Waals surface area contributed by atoms with E-state index < -0.39 is 0 Å². The van der Waals surface area contributed by atoms with Crippen LogP contribution in [0.25, 0.3) is 0 Å². The van der Waals surface area contributed by atoms with Gasteiger partial charge < -0.3 is 20.9 Å². The van der Waals surface area contributed by atoms with Crippen LogP contribution in [-0.4, -0.2) is 44.0 Å². The van der Waals surface area contributed by atoms with E-state index in [0.29, 0.717) is 25.7 Å². The van der Waals surface area contributed by atoms with E-state index in [4.69, 9.17) is 15.6 Å². The molecule has 18 heavy (non-hydrogen) atoms. The molecule has 0 saturated heterocycles. The van der Waals surface area contributed by atoms with Gasteiger partial charge >= 0.3 is 0 Å². The van der Waals surface area contributed by atoms with E-state index in [1.807, 2.05) is 6.07 Å². The molecule has 1 rings (SSSR count). The Morgan fingerprint density at radius 2 is 2.39 bits per heavy atom. The number of hydrogen-bond donors (Lipinski definition) is 3. The highest BCUT2D eigenvalue weighted by Crippen LogP contribution is 2.07. The molecule has 4 N–H and O–H groups in total. The van der Waals surface area contributed by atoms with Crippen molar-refractivity contribution in [3.8, 4) is 0 Å². The highest BCUT2D eigenvalue weighted by molar-refractivity contribution is 7.09. The second-order valence-electron chi connectivity index (χ2n) is 3.71. The highest BCUT2D eigenvalue weighted by atomic mass is 32.1. The first-order valence-electron chi connectivity index (χ1n) is 6.07. The molecular formula is C12H21N3O2S. The van der Waals surface area contributed by atoms with E-state index in [9.17, 15) is 0 Å². The third kappa shape index (κ3) is 7.26. The molecular weight excluding hydrogens is 250 g/mol. The number of aliphatic hydroxyl groups is 1. The summed E-state index contributed by atoms with van der Waals surface area (Å²) in [5.74, 6) is 0.480. The van der Waals surface area contributed by atoms with E-state index in [1.165, 1.54) is 4.88 Å². The van der Waals surface area contributed by atoms with Crippen LogP contribution in [0.15, 0.2) is 22.5 Å². The van der Waals surface area contributed by atoms with Crippen LogP contribution in [0.3, 0.4) is 0 Å². The van der Waals surface area contributed by atoms with Crippen molar-refractivity contribution in [2.75, 3.05) is 32.9 Å². The van der Waals surface area contributed by atoms with E-state index in [2.05, 4.69) is 21.8 Å². The first-order valence-corrected chi connectivity index (χ1v) is 6.95. The number of nitrogens with one attached hydrogen (secondary N) is 1. The minimum Gasteiger partial charge on any atom is -0.394 e. The molecule has 0 amide bonds. The maximum absolute atomic E-state index is 8.50. The molecule has 1 aromatic rings. The summed E-state index contributed by atoms with van der Waals surface area (Å²) in [6.45, 7) is 2.50. The molecule has 6 heteroatoms. The van der Waals surface area contributed by atoms with Crippen molar-refractivity contribution in [1.82, 2.24) is 5.32 Å². The monoisotopic (exact) mass is 271 g/mol. The van der Waals surface area contributed by atoms with E-state index in [1.54, 1.807) is 11.3 Å². The van der Waals surface area contributed by atoms with Crippen LogP contribution >= 0.6 is 11.3 Å². The molecule has 1 heterocycles. The van der Waals surface area contributed by atoms with Gasteiger partial charge in [-0.05, 0) is 24.3 Å². The Hall–Kier alpha value is -1.11.